The summed E-state index contributed by atoms with van der Waals surface area (Å²) in [5.74, 6) is 0.930. The molecule has 1 aromatic rings. The van der Waals surface area contributed by atoms with Crippen molar-refractivity contribution in [2.75, 3.05) is 13.7 Å². The van der Waals surface area contributed by atoms with Gasteiger partial charge in [0.15, 0.2) is 0 Å². The SMILES string of the molecule is COc1ccc(S(=O)(=O)NC(CN)C2CCCCC2)c(Br)c1.Cl. The first-order chi connectivity index (χ1) is 10.5. The molecule has 23 heavy (non-hydrogen) atoms. The van der Waals surface area contributed by atoms with Crippen LogP contribution in [-0.4, -0.2) is 28.1 Å². The molecule has 1 aliphatic rings. The van der Waals surface area contributed by atoms with Gasteiger partial charge in [0.1, 0.15) is 5.75 Å². The zero-order chi connectivity index (χ0) is 16.2. The number of nitrogens with two attached hydrogens (primary N) is 1. The van der Waals surface area contributed by atoms with Crippen molar-refractivity contribution in [1.29, 1.82) is 0 Å². The van der Waals surface area contributed by atoms with Gasteiger partial charge in [-0.15, -0.1) is 12.4 Å². The number of nitrogens with one attached hydrogen (secondary N) is 1. The van der Waals surface area contributed by atoms with Gasteiger partial charge in [0, 0.05) is 17.1 Å². The fourth-order valence-corrected chi connectivity index (χ4v) is 5.34. The van der Waals surface area contributed by atoms with E-state index in [1.807, 2.05) is 0 Å². The Labute approximate surface area is 152 Å². The van der Waals surface area contributed by atoms with Crippen LogP contribution in [0.1, 0.15) is 32.1 Å². The van der Waals surface area contributed by atoms with E-state index < -0.39 is 10.0 Å². The van der Waals surface area contributed by atoms with Crippen molar-refractivity contribution in [2.24, 2.45) is 11.7 Å². The summed E-state index contributed by atoms with van der Waals surface area (Å²) >= 11 is 3.30. The molecule has 0 saturated heterocycles. The van der Waals surface area contributed by atoms with Gasteiger partial charge in [-0.3, -0.25) is 0 Å². The van der Waals surface area contributed by atoms with E-state index in [1.54, 1.807) is 25.3 Å². The average Bonchev–Trinajstić information content (AvgIpc) is 2.53. The number of benzene rings is 1. The normalized spacial score (nSPS) is 17.3. The second-order valence-electron chi connectivity index (χ2n) is 5.66. The molecule has 1 unspecified atom stereocenters. The molecular weight excluding hydrogens is 404 g/mol. The van der Waals surface area contributed by atoms with E-state index >= 15 is 0 Å². The molecule has 3 N–H and O–H groups in total. The van der Waals surface area contributed by atoms with Gasteiger partial charge >= 0.3 is 0 Å². The van der Waals surface area contributed by atoms with E-state index in [4.69, 9.17) is 10.5 Å². The van der Waals surface area contributed by atoms with Crippen LogP contribution < -0.4 is 15.2 Å². The van der Waals surface area contributed by atoms with Gasteiger partial charge < -0.3 is 10.5 Å². The lowest BCUT2D eigenvalue weighted by atomic mass is 9.84. The third-order valence-corrected chi connectivity index (χ3v) is 6.67. The minimum Gasteiger partial charge on any atom is -0.497 e. The second-order valence-corrected chi connectivity index (χ2v) is 8.19. The van der Waals surface area contributed by atoms with Crippen LogP contribution in [0.25, 0.3) is 0 Å². The van der Waals surface area contributed by atoms with Crippen molar-refractivity contribution < 1.29 is 13.2 Å². The Hall–Kier alpha value is -0.340. The van der Waals surface area contributed by atoms with Crippen LogP contribution in [0.5, 0.6) is 5.75 Å². The topological polar surface area (TPSA) is 81.4 Å². The second kappa shape index (κ2) is 9.22. The van der Waals surface area contributed by atoms with Gasteiger partial charge in [0.2, 0.25) is 10.0 Å². The smallest absolute Gasteiger partial charge is 0.241 e. The number of halogens is 2. The third kappa shape index (κ3) is 5.32. The van der Waals surface area contributed by atoms with Crippen LogP contribution in [0.15, 0.2) is 27.6 Å². The molecule has 0 heterocycles. The van der Waals surface area contributed by atoms with E-state index in [9.17, 15) is 8.42 Å². The highest BCUT2D eigenvalue weighted by molar-refractivity contribution is 9.10. The molecule has 0 spiro atoms. The van der Waals surface area contributed by atoms with Gasteiger partial charge in [0.25, 0.3) is 0 Å². The summed E-state index contributed by atoms with van der Waals surface area (Å²) in [5.41, 5.74) is 5.81. The zero-order valence-corrected chi connectivity index (χ0v) is 16.3. The van der Waals surface area contributed by atoms with Crippen molar-refractivity contribution in [3.8, 4) is 5.75 Å². The number of sulfonamides is 1. The minimum atomic E-state index is -3.61. The first-order valence-corrected chi connectivity index (χ1v) is 9.81. The van der Waals surface area contributed by atoms with Gasteiger partial charge in [-0.1, -0.05) is 19.3 Å². The highest BCUT2D eigenvalue weighted by atomic mass is 79.9. The number of rotatable bonds is 6. The first-order valence-electron chi connectivity index (χ1n) is 7.54. The molecule has 1 aromatic carbocycles. The Balaban J connectivity index is 0.00000264. The fraction of sp³-hybridized carbons (Fsp3) is 0.600. The maximum absolute atomic E-state index is 12.6. The standard InChI is InChI=1S/C15H23BrN2O3S.ClH/c1-21-12-7-8-15(13(16)9-12)22(19,20)18-14(10-17)11-5-3-2-4-6-11;/h7-9,11,14,18H,2-6,10,17H2,1H3;1H. The van der Waals surface area contributed by atoms with Crippen molar-refractivity contribution in [1.82, 2.24) is 4.72 Å². The maximum atomic E-state index is 12.6. The Morgan fingerprint density at radius 3 is 2.52 bits per heavy atom. The Kier molecular flexibility index (Phi) is 8.30. The zero-order valence-electron chi connectivity index (χ0n) is 13.1. The first kappa shape index (κ1) is 20.7. The Morgan fingerprint density at radius 2 is 2.00 bits per heavy atom. The molecule has 0 aliphatic heterocycles. The van der Waals surface area contributed by atoms with Crippen LogP contribution in [0.3, 0.4) is 0 Å². The highest BCUT2D eigenvalue weighted by Gasteiger charge is 2.28. The summed E-state index contributed by atoms with van der Waals surface area (Å²) < 4.78 is 33.6. The van der Waals surface area contributed by atoms with Gasteiger partial charge in [-0.2, -0.15) is 0 Å². The number of hydrogen-bond acceptors (Lipinski definition) is 4. The summed E-state index contributed by atoms with van der Waals surface area (Å²) in [4.78, 5) is 0.211. The molecule has 0 amide bonds. The molecule has 132 valence electrons. The van der Waals surface area contributed by atoms with Crippen molar-refractivity contribution >= 4 is 38.4 Å². The molecule has 1 atom stereocenters. The third-order valence-electron chi connectivity index (χ3n) is 4.21. The quantitative estimate of drug-likeness (QED) is 0.731. The predicted octanol–water partition coefficient (Wildman–Crippen LogP) is 3.07. The predicted molar refractivity (Wildman–Crippen MR) is 97.7 cm³/mol. The van der Waals surface area contributed by atoms with Crippen molar-refractivity contribution in [3.05, 3.63) is 22.7 Å². The number of methoxy groups -OCH3 is 1. The van der Waals surface area contributed by atoms with E-state index in [2.05, 4.69) is 20.7 Å². The molecule has 5 nitrogen and oxygen atoms in total. The lowest BCUT2D eigenvalue weighted by molar-refractivity contribution is 0.294. The summed E-state index contributed by atoms with van der Waals surface area (Å²) in [6.07, 6.45) is 5.59. The van der Waals surface area contributed by atoms with E-state index in [0.717, 1.165) is 25.7 Å². The summed E-state index contributed by atoms with van der Waals surface area (Å²) in [6, 6.07) is 4.61. The molecule has 8 heteroatoms. The fourth-order valence-electron chi connectivity index (χ4n) is 2.96. The lowest BCUT2D eigenvalue weighted by Gasteiger charge is -2.30. The van der Waals surface area contributed by atoms with Crippen LogP contribution in [0, 0.1) is 5.92 Å². The van der Waals surface area contributed by atoms with Gasteiger partial charge in [-0.25, -0.2) is 13.1 Å². The summed E-state index contributed by atoms with van der Waals surface area (Å²) in [6.45, 7) is 0.317. The maximum Gasteiger partial charge on any atom is 0.241 e. The molecule has 0 bridgehead atoms. The molecule has 0 radical (unpaired) electrons. The van der Waals surface area contributed by atoms with E-state index in [0.29, 0.717) is 22.7 Å². The van der Waals surface area contributed by atoms with Crippen molar-refractivity contribution in [3.63, 3.8) is 0 Å². The Bertz CT molecular complexity index is 607. The van der Waals surface area contributed by atoms with Gasteiger partial charge in [0.05, 0.1) is 12.0 Å². The van der Waals surface area contributed by atoms with Crippen LogP contribution in [0.2, 0.25) is 0 Å². The molecule has 0 aromatic heterocycles. The number of hydrogen-bond donors (Lipinski definition) is 2. The molecule has 2 rings (SSSR count). The molecular formula is C15H24BrClN2O3S. The molecule has 1 aliphatic carbocycles. The number of ether oxygens (including phenoxy) is 1. The monoisotopic (exact) mass is 426 g/mol. The highest BCUT2D eigenvalue weighted by Crippen LogP contribution is 2.29. The van der Waals surface area contributed by atoms with Gasteiger partial charge in [-0.05, 0) is 52.9 Å². The van der Waals surface area contributed by atoms with Crippen molar-refractivity contribution in [2.45, 2.75) is 43.0 Å². The minimum absolute atomic E-state index is 0. The average molecular weight is 428 g/mol. The van der Waals surface area contributed by atoms with E-state index in [-0.39, 0.29) is 23.3 Å². The summed E-state index contributed by atoms with van der Waals surface area (Å²) in [7, 11) is -2.07. The van der Waals surface area contributed by atoms with Crippen LogP contribution in [0.4, 0.5) is 0 Å². The van der Waals surface area contributed by atoms with Crippen LogP contribution in [-0.2, 0) is 10.0 Å². The molecule has 1 saturated carbocycles. The largest absolute Gasteiger partial charge is 0.497 e. The van der Waals surface area contributed by atoms with Crippen LogP contribution >= 0.6 is 28.3 Å². The lowest BCUT2D eigenvalue weighted by Crippen LogP contribution is -2.45. The Morgan fingerprint density at radius 1 is 1.35 bits per heavy atom. The van der Waals surface area contributed by atoms with E-state index in [1.165, 1.54) is 6.42 Å². The summed E-state index contributed by atoms with van der Waals surface area (Å²) in [5, 5.41) is 0. The molecule has 1 fully saturated rings.